The molecular formula is C10H14O2. The summed E-state index contributed by atoms with van der Waals surface area (Å²) in [5.41, 5.74) is 0.941. The van der Waals surface area contributed by atoms with Crippen molar-refractivity contribution in [3.8, 4) is 0 Å². The number of hydrogen-bond donors (Lipinski definition) is 0. The fraction of sp³-hybridized carbons (Fsp3) is 0.500. The largest absolute Gasteiger partial charge is 0.461 e. The lowest BCUT2D eigenvalue weighted by molar-refractivity contribution is 0.0952. The van der Waals surface area contributed by atoms with Gasteiger partial charge in [-0.25, -0.2) is 0 Å². The number of Topliss-reactive ketones (excluding diaryl/α,β-unsaturated/α-hetero) is 1. The van der Waals surface area contributed by atoms with E-state index >= 15 is 0 Å². The van der Waals surface area contributed by atoms with Crippen LogP contribution in [0.5, 0.6) is 0 Å². The molecule has 1 aromatic rings. The van der Waals surface area contributed by atoms with Gasteiger partial charge >= 0.3 is 0 Å². The fourth-order valence-corrected chi connectivity index (χ4v) is 1.11. The van der Waals surface area contributed by atoms with Crippen molar-refractivity contribution in [3.63, 3.8) is 0 Å². The van der Waals surface area contributed by atoms with Crippen LogP contribution < -0.4 is 0 Å². The van der Waals surface area contributed by atoms with Gasteiger partial charge in [-0.15, -0.1) is 0 Å². The minimum absolute atomic E-state index is 0.124. The van der Waals surface area contributed by atoms with E-state index in [0.717, 1.165) is 18.4 Å². The molecule has 0 bridgehead atoms. The van der Waals surface area contributed by atoms with Crippen molar-refractivity contribution in [2.75, 3.05) is 0 Å². The van der Waals surface area contributed by atoms with Gasteiger partial charge in [0.05, 0.1) is 6.26 Å². The molecule has 66 valence electrons. The predicted molar refractivity (Wildman–Crippen MR) is 47.3 cm³/mol. The van der Waals surface area contributed by atoms with Gasteiger partial charge in [-0.1, -0.05) is 13.3 Å². The van der Waals surface area contributed by atoms with Gasteiger partial charge in [0, 0.05) is 6.42 Å². The number of ketones is 1. The molecule has 1 aromatic heterocycles. The van der Waals surface area contributed by atoms with Gasteiger partial charge in [0.15, 0.2) is 11.5 Å². The fourth-order valence-electron chi connectivity index (χ4n) is 1.11. The molecule has 0 unspecified atom stereocenters. The highest BCUT2D eigenvalue weighted by Gasteiger charge is 2.10. The van der Waals surface area contributed by atoms with Crippen molar-refractivity contribution < 1.29 is 9.21 Å². The number of aryl methyl sites for hydroxylation is 1. The molecule has 0 amide bonds. The standard InChI is InChI=1S/C10H14O2/c1-3-4-5-9(11)10-8(2)6-7-12-10/h6-7H,3-5H2,1-2H3. The van der Waals surface area contributed by atoms with Gasteiger partial charge in [0.2, 0.25) is 0 Å². The maximum atomic E-state index is 11.4. The third kappa shape index (κ3) is 1.97. The first-order valence-electron chi connectivity index (χ1n) is 4.33. The number of unbranched alkanes of at least 4 members (excludes halogenated alkanes) is 1. The normalized spacial score (nSPS) is 10.2. The summed E-state index contributed by atoms with van der Waals surface area (Å²) >= 11 is 0. The van der Waals surface area contributed by atoms with Crippen LogP contribution in [0.2, 0.25) is 0 Å². The molecule has 0 aromatic carbocycles. The molecular weight excluding hydrogens is 152 g/mol. The monoisotopic (exact) mass is 166 g/mol. The topological polar surface area (TPSA) is 30.2 Å². The van der Waals surface area contributed by atoms with E-state index in [9.17, 15) is 4.79 Å². The van der Waals surface area contributed by atoms with Crippen molar-refractivity contribution in [3.05, 3.63) is 23.7 Å². The molecule has 0 aliphatic carbocycles. The second kappa shape index (κ2) is 4.10. The average molecular weight is 166 g/mol. The summed E-state index contributed by atoms with van der Waals surface area (Å²) < 4.78 is 5.07. The van der Waals surface area contributed by atoms with Crippen molar-refractivity contribution in [1.82, 2.24) is 0 Å². The Morgan fingerprint density at radius 1 is 1.58 bits per heavy atom. The lowest BCUT2D eigenvalue weighted by Gasteiger charge is -1.95. The Balaban J connectivity index is 2.59. The molecule has 0 spiro atoms. The van der Waals surface area contributed by atoms with Crippen LogP contribution in [-0.2, 0) is 0 Å². The van der Waals surface area contributed by atoms with Crippen LogP contribution in [0.15, 0.2) is 16.7 Å². The molecule has 2 heteroatoms. The minimum atomic E-state index is 0.124. The number of carbonyl (C=O) groups is 1. The zero-order valence-corrected chi connectivity index (χ0v) is 7.59. The lowest BCUT2D eigenvalue weighted by atomic mass is 10.1. The number of furan rings is 1. The van der Waals surface area contributed by atoms with Crippen LogP contribution in [0, 0.1) is 6.92 Å². The first-order valence-corrected chi connectivity index (χ1v) is 4.33. The zero-order valence-electron chi connectivity index (χ0n) is 7.59. The first kappa shape index (κ1) is 9.04. The number of carbonyl (C=O) groups excluding carboxylic acids is 1. The Morgan fingerprint density at radius 3 is 2.83 bits per heavy atom. The highest BCUT2D eigenvalue weighted by Crippen LogP contribution is 2.12. The molecule has 0 saturated heterocycles. The molecule has 1 rings (SSSR count). The Morgan fingerprint density at radius 2 is 2.33 bits per heavy atom. The summed E-state index contributed by atoms with van der Waals surface area (Å²) in [6.45, 7) is 3.96. The predicted octanol–water partition coefficient (Wildman–Crippen LogP) is 2.96. The molecule has 0 aliphatic heterocycles. The molecule has 1 heterocycles. The Bertz CT molecular complexity index is 261. The third-order valence-electron chi connectivity index (χ3n) is 1.87. The summed E-state index contributed by atoms with van der Waals surface area (Å²) in [5.74, 6) is 0.655. The van der Waals surface area contributed by atoms with Crippen LogP contribution in [0.3, 0.4) is 0 Å². The van der Waals surface area contributed by atoms with E-state index in [1.54, 1.807) is 6.26 Å². The molecule has 0 atom stereocenters. The maximum absolute atomic E-state index is 11.4. The van der Waals surface area contributed by atoms with Crippen molar-refractivity contribution >= 4 is 5.78 Å². The van der Waals surface area contributed by atoms with Crippen molar-refractivity contribution in [2.24, 2.45) is 0 Å². The molecule has 2 nitrogen and oxygen atoms in total. The summed E-state index contributed by atoms with van der Waals surface area (Å²) in [4.78, 5) is 11.4. The molecule has 0 radical (unpaired) electrons. The van der Waals surface area contributed by atoms with Crippen LogP contribution >= 0.6 is 0 Å². The summed E-state index contributed by atoms with van der Waals surface area (Å²) in [6, 6.07) is 1.82. The first-order chi connectivity index (χ1) is 5.75. The minimum Gasteiger partial charge on any atom is -0.461 e. The highest BCUT2D eigenvalue weighted by atomic mass is 16.3. The smallest absolute Gasteiger partial charge is 0.198 e. The quantitative estimate of drug-likeness (QED) is 0.644. The van der Waals surface area contributed by atoms with Gasteiger partial charge in [-0.3, -0.25) is 4.79 Å². The highest BCUT2D eigenvalue weighted by molar-refractivity contribution is 5.94. The molecule has 0 saturated carbocycles. The SMILES string of the molecule is CCCCC(=O)c1occc1C. The second-order valence-electron chi connectivity index (χ2n) is 2.96. The van der Waals surface area contributed by atoms with Gasteiger partial charge in [0.1, 0.15) is 0 Å². The van der Waals surface area contributed by atoms with Crippen LogP contribution in [0.25, 0.3) is 0 Å². The summed E-state index contributed by atoms with van der Waals surface area (Å²) in [6.07, 6.45) is 4.16. The van der Waals surface area contributed by atoms with Crippen molar-refractivity contribution in [2.45, 2.75) is 33.1 Å². The van der Waals surface area contributed by atoms with Crippen molar-refractivity contribution in [1.29, 1.82) is 0 Å². The molecule has 0 N–H and O–H groups in total. The maximum Gasteiger partial charge on any atom is 0.198 e. The third-order valence-corrected chi connectivity index (χ3v) is 1.87. The second-order valence-corrected chi connectivity index (χ2v) is 2.96. The van der Waals surface area contributed by atoms with Crippen LogP contribution in [-0.4, -0.2) is 5.78 Å². The van der Waals surface area contributed by atoms with E-state index in [4.69, 9.17) is 4.42 Å². The lowest BCUT2D eigenvalue weighted by Crippen LogP contribution is -1.98. The van der Waals surface area contributed by atoms with E-state index < -0.39 is 0 Å². The number of hydrogen-bond acceptors (Lipinski definition) is 2. The van der Waals surface area contributed by atoms with Crippen LogP contribution in [0.1, 0.15) is 42.3 Å². The van der Waals surface area contributed by atoms with Gasteiger partial charge in [-0.05, 0) is 25.0 Å². The summed E-state index contributed by atoms with van der Waals surface area (Å²) in [7, 11) is 0. The Kier molecular flexibility index (Phi) is 3.09. The van der Waals surface area contributed by atoms with E-state index in [2.05, 4.69) is 6.92 Å². The zero-order chi connectivity index (χ0) is 8.97. The van der Waals surface area contributed by atoms with Crippen LogP contribution in [0.4, 0.5) is 0 Å². The Labute approximate surface area is 72.6 Å². The van der Waals surface area contributed by atoms with E-state index in [0.29, 0.717) is 12.2 Å². The number of rotatable bonds is 4. The van der Waals surface area contributed by atoms with Gasteiger partial charge in [0.25, 0.3) is 0 Å². The summed E-state index contributed by atoms with van der Waals surface area (Å²) in [5, 5.41) is 0. The average Bonchev–Trinajstić information content (AvgIpc) is 2.47. The van der Waals surface area contributed by atoms with E-state index in [1.807, 2.05) is 13.0 Å². The Hall–Kier alpha value is -1.05. The van der Waals surface area contributed by atoms with Gasteiger partial charge in [-0.2, -0.15) is 0 Å². The van der Waals surface area contributed by atoms with E-state index in [-0.39, 0.29) is 5.78 Å². The van der Waals surface area contributed by atoms with Gasteiger partial charge < -0.3 is 4.42 Å². The molecule has 0 fully saturated rings. The van der Waals surface area contributed by atoms with E-state index in [1.165, 1.54) is 0 Å². The molecule has 0 aliphatic rings. The molecule has 12 heavy (non-hydrogen) atoms.